The fourth-order valence-electron chi connectivity index (χ4n) is 3.78. The molecule has 0 N–H and O–H groups in total. The molecule has 4 aromatic rings. The smallest absolute Gasteiger partial charge is 0.163 e. The van der Waals surface area contributed by atoms with E-state index < -0.39 is 0 Å². The quantitative estimate of drug-likeness (QED) is 0.488. The van der Waals surface area contributed by atoms with Crippen LogP contribution in [0.4, 0.5) is 0 Å². The van der Waals surface area contributed by atoms with Gasteiger partial charge < -0.3 is 13.8 Å². The Morgan fingerprint density at radius 2 is 1.83 bits per heavy atom. The van der Waals surface area contributed by atoms with Crippen molar-refractivity contribution < 1.29 is 9.26 Å². The van der Waals surface area contributed by atoms with Gasteiger partial charge in [-0.2, -0.15) is 0 Å². The predicted molar refractivity (Wildman–Crippen MR) is 109 cm³/mol. The third-order valence-corrected chi connectivity index (χ3v) is 5.35. The van der Waals surface area contributed by atoms with E-state index in [1.165, 1.54) is 19.3 Å². The number of fused-ring (bicyclic) bond motifs is 1. The van der Waals surface area contributed by atoms with Gasteiger partial charge in [-0.25, -0.2) is 0 Å². The number of nitrogens with zero attached hydrogens (tertiary/aromatic N) is 4. The van der Waals surface area contributed by atoms with Crippen LogP contribution in [-0.2, 0) is 19.6 Å². The first-order chi connectivity index (χ1) is 14.4. The topological polar surface area (TPSA) is 66.0 Å². The van der Waals surface area contributed by atoms with Crippen LogP contribution in [0.1, 0.15) is 30.7 Å². The van der Waals surface area contributed by atoms with Crippen molar-refractivity contribution in [2.24, 2.45) is 0 Å². The van der Waals surface area contributed by atoms with Crippen molar-refractivity contribution in [3.05, 3.63) is 72.4 Å². The molecular weight excluding hydrogens is 364 g/mol. The summed E-state index contributed by atoms with van der Waals surface area (Å²) < 4.78 is 13.3. The Bertz CT molecular complexity index is 1080. The van der Waals surface area contributed by atoms with Crippen LogP contribution in [0, 0.1) is 0 Å². The van der Waals surface area contributed by atoms with Crippen molar-refractivity contribution in [3.8, 4) is 28.3 Å². The Labute approximate surface area is 169 Å². The van der Waals surface area contributed by atoms with Crippen LogP contribution >= 0.6 is 0 Å². The summed E-state index contributed by atoms with van der Waals surface area (Å²) in [6.45, 7) is 1.49. The molecule has 2 aromatic carbocycles. The number of para-hydroxylation sites is 1. The Morgan fingerprint density at radius 3 is 2.69 bits per heavy atom. The Kier molecular flexibility index (Phi) is 4.82. The molecule has 0 fully saturated rings. The first-order valence-corrected chi connectivity index (χ1v) is 10.0. The molecule has 6 heteroatoms. The molecule has 5 rings (SSSR count). The summed E-state index contributed by atoms with van der Waals surface area (Å²) in [4.78, 5) is 0. The molecular formula is C23H22N4O2. The predicted octanol–water partition coefficient (Wildman–Crippen LogP) is 4.91. The van der Waals surface area contributed by atoms with E-state index in [-0.39, 0.29) is 0 Å². The van der Waals surface area contributed by atoms with Crippen molar-refractivity contribution in [1.82, 2.24) is 19.9 Å². The normalized spacial score (nSPS) is 13.7. The number of hydrogen-bond donors (Lipinski definition) is 0. The largest absolute Gasteiger partial charge is 0.488 e. The molecule has 0 saturated heterocycles. The molecule has 0 spiro atoms. The maximum atomic E-state index is 6.08. The number of ether oxygens (including phenoxy) is 1. The van der Waals surface area contributed by atoms with Gasteiger partial charge in [0.15, 0.2) is 5.82 Å². The van der Waals surface area contributed by atoms with E-state index in [9.17, 15) is 0 Å². The number of aryl methyl sites for hydroxylation is 1. The highest BCUT2D eigenvalue weighted by atomic mass is 16.5. The second-order valence-electron chi connectivity index (χ2n) is 7.30. The van der Waals surface area contributed by atoms with Crippen LogP contribution in [-0.4, -0.2) is 19.9 Å². The molecule has 1 aliphatic heterocycles. The van der Waals surface area contributed by atoms with Crippen molar-refractivity contribution in [2.45, 2.75) is 38.8 Å². The second-order valence-corrected chi connectivity index (χ2v) is 7.30. The van der Waals surface area contributed by atoms with Gasteiger partial charge in [0.2, 0.25) is 0 Å². The van der Waals surface area contributed by atoms with Gasteiger partial charge in [-0.1, -0.05) is 54.0 Å². The SMILES string of the molecule is c1ccc(-c2cnoc2)c(OCc2ccc(-c3nnc4n3CCCCC4)cc2)c1. The summed E-state index contributed by atoms with van der Waals surface area (Å²) in [5.74, 6) is 2.88. The molecule has 6 nitrogen and oxygen atoms in total. The van der Waals surface area contributed by atoms with Crippen LogP contribution < -0.4 is 4.74 Å². The number of rotatable bonds is 5. The Hall–Kier alpha value is -3.41. The summed E-state index contributed by atoms with van der Waals surface area (Å²) in [5, 5.41) is 12.6. The number of aromatic nitrogens is 4. The zero-order chi connectivity index (χ0) is 19.5. The van der Waals surface area contributed by atoms with Crippen LogP contribution in [0.2, 0.25) is 0 Å². The van der Waals surface area contributed by atoms with Crippen molar-refractivity contribution in [1.29, 1.82) is 0 Å². The van der Waals surface area contributed by atoms with Gasteiger partial charge in [0.1, 0.15) is 24.4 Å². The van der Waals surface area contributed by atoms with Gasteiger partial charge in [0.05, 0.1) is 6.20 Å². The van der Waals surface area contributed by atoms with Crippen molar-refractivity contribution in [3.63, 3.8) is 0 Å². The maximum absolute atomic E-state index is 6.08. The van der Waals surface area contributed by atoms with Gasteiger partial charge >= 0.3 is 0 Å². The highest BCUT2D eigenvalue weighted by Crippen LogP contribution is 2.30. The van der Waals surface area contributed by atoms with E-state index >= 15 is 0 Å². The lowest BCUT2D eigenvalue weighted by molar-refractivity contribution is 0.307. The molecule has 0 amide bonds. The first-order valence-electron chi connectivity index (χ1n) is 10.0. The van der Waals surface area contributed by atoms with Crippen LogP contribution in [0.5, 0.6) is 5.75 Å². The summed E-state index contributed by atoms with van der Waals surface area (Å²) in [6, 6.07) is 16.3. The average molecular weight is 386 g/mol. The van der Waals surface area contributed by atoms with Gasteiger partial charge in [0, 0.05) is 29.7 Å². The lowest BCUT2D eigenvalue weighted by atomic mass is 10.1. The van der Waals surface area contributed by atoms with E-state index in [0.717, 1.165) is 52.6 Å². The molecule has 146 valence electrons. The van der Waals surface area contributed by atoms with E-state index in [2.05, 4.69) is 44.2 Å². The molecule has 1 aliphatic rings. The molecule has 0 aliphatic carbocycles. The highest BCUT2D eigenvalue weighted by molar-refractivity contribution is 5.68. The van der Waals surface area contributed by atoms with Gasteiger partial charge in [-0.15, -0.1) is 10.2 Å². The van der Waals surface area contributed by atoms with Crippen LogP contribution in [0.25, 0.3) is 22.5 Å². The average Bonchev–Trinajstić information content (AvgIpc) is 3.38. The van der Waals surface area contributed by atoms with E-state index in [1.807, 2.05) is 24.3 Å². The first kappa shape index (κ1) is 17.7. The third kappa shape index (κ3) is 3.66. The molecule has 3 heterocycles. The van der Waals surface area contributed by atoms with E-state index in [4.69, 9.17) is 9.26 Å². The summed E-state index contributed by atoms with van der Waals surface area (Å²) in [5.41, 5.74) is 4.07. The van der Waals surface area contributed by atoms with E-state index in [1.54, 1.807) is 12.5 Å². The molecule has 0 saturated carbocycles. The third-order valence-electron chi connectivity index (χ3n) is 5.35. The van der Waals surface area contributed by atoms with Crippen LogP contribution in [0.15, 0.2) is 65.5 Å². The monoisotopic (exact) mass is 386 g/mol. The Balaban J connectivity index is 1.32. The summed E-state index contributed by atoms with van der Waals surface area (Å²) in [6.07, 6.45) is 7.98. The fourth-order valence-corrected chi connectivity index (χ4v) is 3.78. The zero-order valence-electron chi connectivity index (χ0n) is 16.1. The maximum Gasteiger partial charge on any atom is 0.163 e. The van der Waals surface area contributed by atoms with Gasteiger partial charge in [-0.3, -0.25) is 0 Å². The molecule has 0 unspecified atom stereocenters. The minimum Gasteiger partial charge on any atom is -0.488 e. The number of hydrogen-bond acceptors (Lipinski definition) is 5. The summed E-state index contributed by atoms with van der Waals surface area (Å²) >= 11 is 0. The minimum atomic E-state index is 0.487. The van der Waals surface area contributed by atoms with Crippen LogP contribution in [0.3, 0.4) is 0 Å². The minimum absolute atomic E-state index is 0.487. The lowest BCUT2D eigenvalue weighted by Gasteiger charge is -2.11. The van der Waals surface area contributed by atoms with Crippen molar-refractivity contribution in [2.75, 3.05) is 0 Å². The standard InChI is InChI=1S/C23H22N4O2/c1-2-8-22-25-26-23(27(22)13-5-1)18-11-9-17(10-12-18)15-28-21-7-4-3-6-20(21)19-14-24-29-16-19/h3-4,6-7,9-12,14,16H,1-2,5,8,13,15H2. The lowest BCUT2D eigenvalue weighted by Crippen LogP contribution is -2.03. The molecule has 0 radical (unpaired) electrons. The molecule has 29 heavy (non-hydrogen) atoms. The van der Waals surface area contributed by atoms with E-state index in [0.29, 0.717) is 6.61 Å². The second kappa shape index (κ2) is 7.91. The fraction of sp³-hybridized carbons (Fsp3) is 0.261. The van der Waals surface area contributed by atoms with Gasteiger partial charge in [0.25, 0.3) is 0 Å². The molecule has 0 bridgehead atoms. The number of benzene rings is 2. The van der Waals surface area contributed by atoms with Crippen molar-refractivity contribution >= 4 is 0 Å². The van der Waals surface area contributed by atoms with Gasteiger partial charge in [-0.05, 0) is 24.5 Å². The summed E-state index contributed by atoms with van der Waals surface area (Å²) in [7, 11) is 0. The highest BCUT2D eigenvalue weighted by Gasteiger charge is 2.16. The zero-order valence-corrected chi connectivity index (χ0v) is 16.1. The Morgan fingerprint density at radius 1 is 0.931 bits per heavy atom. The molecule has 2 aromatic heterocycles. The molecule has 0 atom stereocenters.